The van der Waals surface area contributed by atoms with E-state index in [4.69, 9.17) is 10.3 Å². The van der Waals surface area contributed by atoms with Gasteiger partial charge in [0.1, 0.15) is 6.61 Å². The van der Waals surface area contributed by atoms with E-state index in [0.717, 1.165) is 5.56 Å². The largest absolute Gasteiger partial charge is 0.447 e. The zero-order chi connectivity index (χ0) is 15.1. The van der Waals surface area contributed by atoms with Crippen molar-refractivity contribution in [1.29, 1.82) is 0 Å². The van der Waals surface area contributed by atoms with Crippen LogP contribution >= 0.6 is 0 Å². The van der Waals surface area contributed by atoms with Crippen LogP contribution in [0, 0.1) is 0 Å². The molecule has 1 saturated heterocycles. The number of carbonyl (C=O) groups excluding carboxylic acids is 2. The smallest absolute Gasteiger partial charge is 0.416 e. The van der Waals surface area contributed by atoms with Crippen LogP contribution in [-0.4, -0.2) is 36.1 Å². The van der Waals surface area contributed by atoms with Crippen LogP contribution in [0.25, 0.3) is 10.4 Å². The summed E-state index contributed by atoms with van der Waals surface area (Å²) >= 11 is 0. The molecule has 0 N–H and O–H groups in total. The van der Waals surface area contributed by atoms with E-state index >= 15 is 0 Å². The van der Waals surface area contributed by atoms with Crippen molar-refractivity contribution in [1.82, 2.24) is 4.90 Å². The third-order valence-electron chi connectivity index (χ3n) is 3.26. The molecule has 1 aliphatic rings. The number of nitrogens with zero attached hydrogens (tertiary/aromatic N) is 4. The molecule has 110 valence electrons. The van der Waals surface area contributed by atoms with Crippen LogP contribution in [0.15, 0.2) is 35.4 Å². The summed E-state index contributed by atoms with van der Waals surface area (Å²) in [5, 5.41) is 3.37. The molecule has 1 aromatic rings. The van der Waals surface area contributed by atoms with Crippen LogP contribution in [-0.2, 0) is 16.0 Å². The Morgan fingerprint density at radius 3 is 2.90 bits per heavy atom. The van der Waals surface area contributed by atoms with Crippen molar-refractivity contribution in [3.05, 3.63) is 46.3 Å². The first kappa shape index (κ1) is 14.9. The van der Waals surface area contributed by atoms with Crippen LogP contribution in [0.2, 0.25) is 0 Å². The Labute approximate surface area is 122 Å². The van der Waals surface area contributed by atoms with Gasteiger partial charge in [-0.15, -0.1) is 0 Å². The number of imide groups is 1. The summed E-state index contributed by atoms with van der Waals surface area (Å²) < 4.78 is 4.98. The van der Waals surface area contributed by atoms with Crippen LogP contribution in [0.3, 0.4) is 0 Å². The molecule has 0 saturated carbocycles. The highest BCUT2D eigenvalue weighted by atomic mass is 16.6. The first-order valence-electron chi connectivity index (χ1n) is 6.76. The lowest BCUT2D eigenvalue weighted by Gasteiger charge is -2.19. The SMILES string of the molecule is [N-]=[N+]=NCCCC(=O)N1C(=O)OCC1Cc1ccccc1. The van der Waals surface area contributed by atoms with E-state index in [1.54, 1.807) is 0 Å². The van der Waals surface area contributed by atoms with Crippen LogP contribution in [0.4, 0.5) is 4.79 Å². The Morgan fingerprint density at radius 1 is 1.43 bits per heavy atom. The minimum absolute atomic E-state index is 0.166. The highest BCUT2D eigenvalue weighted by Gasteiger charge is 2.37. The zero-order valence-corrected chi connectivity index (χ0v) is 11.5. The predicted octanol–water partition coefficient (Wildman–Crippen LogP) is 2.67. The van der Waals surface area contributed by atoms with E-state index in [1.807, 2.05) is 30.3 Å². The summed E-state index contributed by atoms with van der Waals surface area (Å²) in [5.74, 6) is -0.286. The monoisotopic (exact) mass is 288 g/mol. The minimum Gasteiger partial charge on any atom is -0.447 e. The Kier molecular flexibility index (Phi) is 5.17. The third kappa shape index (κ3) is 3.97. The topological polar surface area (TPSA) is 95.4 Å². The van der Waals surface area contributed by atoms with E-state index in [1.165, 1.54) is 4.90 Å². The van der Waals surface area contributed by atoms with Gasteiger partial charge in [-0.2, -0.15) is 0 Å². The van der Waals surface area contributed by atoms with Gasteiger partial charge in [0, 0.05) is 17.9 Å². The number of carbonyl (C=O) groups is 2. The fourth-order valence-electron chi connectivity index (χ4n) is 2.27. The fraction of sp³-hybridized carbons (Fsp3) is 0.429. The molecule has 1 aliphatic heterocycles. The molecule has 0 aliphatic carbocycles. The number of benzene rings is 1. The molecule has 7 nitrogen and oxygen atoms in total. The lowest BCUT2D eigenvalue weighted by molar-refractivity contribution is -0.129. The summed E-state index contributed by atoms with van der Waals surface area (Å²) in [4.78, 5) is 27.6. The zero-order valence-electron chi connectivity index (χ0n) is 11.5. The molecule has 1 aromatic carbocycles. The summed E-state index contributed by atoms with van der Waals surface area (Å²) in [6.45, 7) is 0.463. The average Bonchev–Trinajstić information content (AvgIpc) is 2.85. The molecule has 7 heteroatoms. The van der Waals surface area contributed by atoms with Gasteiger partial charge in [-0.05, 0) is 23.9 Å². The second-order valence-corrected chi connectivity index (χ2v) is 4.74. The lowest BCUT2D eigenvalue weighted by Crippen LogP contribution is -2.40. The average molecular weight is 288 g/mol. The Morgan fingerprint density at radius 2 is 2.19 bits per heavy atom. The van der Waals surface area contributed by atoms with Gasteiger partial charge in [0.2, 0.25) is 5.91 Å². The van der Waals surface area contributed by atoms with Gasteiger partial charge in [0.05, 0.1) is 6.04 Å². The fourth-order valence-corrected chi connectivity index (χ4v) is 2.27. The van der Waals surface area contributed by atoms with Crippen LogP contribution in [0.1, 0.15) is 18.4 Å². The van der Waals surface area contributed by atoms with E-state index in [-0.39, 0.29) is 31.5 Å². The predicted molar refractivity (Wildman–Crippen MR) is 75.4 cm³/mol. The summed E-state index contributed by atoms with van der Waals surface area (Å²) in [7, 11) is 0. The van der Waals surface area contributed by atoms with Crippen molar-refractivity contribution in [2.45, 2.75) is 25.3 Å². The second kappa shape index (κ2) is 7.31. The standard InChI is InChI=1S/C14H16N4O3/c15-17-16-8-4-7-13(19)18-12(10-21-14(18)20)9-11-5-2-1-3-6-11/h1-3,5-6,12H,4,7-10H2. The number of cyclic esters (lactones) is 1. The maximum Gasteiger partial charge on any atom is 0.416 e. The molecule has 2 rings (SSSR count). The van der Waals surface area contributed by atoms with Crippen molar-refractivity contribution in [2.24, 2.45) is 5.11 Å². The molecule has 1 heterocycles. The van der Waals surface area contributed by atoms with E-state index in [2.05, 4.69) is 10.0 Å². The maximum absolute atomic E-state index is 12.1. The molecule has 1 atom stereocenters. The van der Waals surface area contributed by atoms with Gasteiger partial charge in [0.25, 0.3) is 0 Å². The first-order valence-corrected chi connectivity index (χ1v) is 6.76. The summed E-state index contributed by atoms with van der Waals surface area (Å²) in [5.41, 5.74) is 9.23. The Balaban J connectivity index is 1.96. The number of rotatable bonds is 6. The van der Waals surface area contributed by atoms with Crippen molar-refractivity contribution < 1.29 is 14.3 Å². The number of ether oxygens (including phenoxy) is 1. The molecule has 0 spiro atoms. The Bertz CT molecular complexity index is 555. The van der Waals surface area contributed by atoms with Gasteiger partial charge < -0.3 is 4.74 Å². The van der Waals surface area contributed by atoms with Crippen molar-refractivity contribution in [2.75, 3.05) is 13.2 Å². The highest BCUT2D eigenvalue weighted by molar-refractivity contribution is 5.93. The van der Waals surface area contributed by atoms with Gasteiger partial charge in [-0.25, -0.2) is 9.69 Å². The molecule has 0 radical (unpaired) electrons. The highest BCUT2D eigenvalue weighted by Crippen LogP contribution is 2.18. The first-order chi connectivity index (χ1) is 10.2. The minimum atomic E-state index is -0.593. The third-order valence-corrected chi connectivity index (χ3v) is 3.26. The Hall–Kier alpha value is -2.53. The van der Waals surface area contributed by atoms with Crippen molar-refractivity contribution >= 4 is 12.0 Å². The van der Waals surface area contributed by atoms with Gasteiger partial charge in [0.15, 0.2) is 0 Å². The van der Waals surface area contributed by atoms with Crippen molar-refractivity contribution in [3.63, 3.8) is 0 Å². The molecule has 1 unspecified atom stereocenters. The van der Waals surface area contributed by atoms with Gasteiger partial charge in [-0.1, -0.05) is 35.4 Å². The van der Waals surface area contributed by atoms with Crippen molar-refractivity contribution in [3.8, 4) is 0 Å². The number of azide groups is 1. The molecule has 2 amide bonds. The molecule has 1 fully saturated rings. The summed E-state index contributed by atoms with van der Waals surface area (Å²) in [6.07, 6.45) is 0.573. The van der Waals surface area contributed by atoms with E-state index < -0.39 is 6.09 Å². The molecule has 0 bridgehead atoms. The van der Waals surface area contributed by atoms with E-state index in [9.17, 15) is 9.59 Å². The second-order valence-electron chi connectivity index (χ2n) is 4.74. The number of amides is 2. The van der Waals surface area contributed by atoms with Gasteiger partial charge in [-0.3, -0.25) is 4.79 Å². The maximum atomic E-state index is 12.1. The number of hydrogen-bond acceptors (Lipinski definition) is 4. The van der Waals surface area contributed by atoms with Crippen LogP contribution < -0.4 is 0 Å². The molecular weight excluding hydrogens is 272 g/mol. The van der Waals surface area contributed by atoms with Gasteiger partial charge >= 0.3 is 6.09 Å². The van der Waals surface area contributed by atoms with Crippen LogP contribution in [0.5, 0.6) is 0 Å². The molecule has 21 heavy (non-hydrogen) atoms. The molecule has 0 aromatic heterocycles. The lowest BCUT2D eigenvalue weighted by atomic mass is 10.1. The van der Waals surface area contributed by atoms with E-state index in [0.29, 0.717) is 12.8 Å². The molecular formula is C14H16N4O3. The normalized spacial score (nSPS) is 17.2. The number of hydrogen-bond donors (Lipinski definition) is 0. The quantitative estimate of drug-likeness (QED) is 0.348. The summed E-state index contributed by atoms with van der Waals surface area (Å²) in [6, 6.07) is 9.38.